The van der Waals surface area contributed by atoms with Gasteiger partial charge in [-0.25, -0.2) is 0 Å². The highest BCUT2D eigenvalue weighted by Gasteiger charge is 2.48. The summed E-state index contributed by atoms with van der Waals surface area (Å²) in [5.74, 6) is 0. The maximum atomic E-state index is 12.0. The molecule has 3 aliphatic rings. The second-order valence-electron chi connectivity index (χ2n) is 33.0. The maximum Gasteiger partial charge on any atom is 0.264 e. The molecule has 0 saturated carbocycles. The summed E-state index contributed by atoms with van der Waals surface area (Å²) < 4.78 is 39.2. The molecule has 2 aliphatic heterocycles. The smallest absolute Gasteiger partial charge is 0.264 e. The summed E-state index contributed by atoms with van der Waals surface area (Å²) in [4.78, 5) is 5.10. The molecule has 0 N–H and O–H groups in total. The fourth-order valence-electron chi connectivity index (χ4n) is 17.1. The standard InChI is InChI=1S/C97H82BN3S/c1-94(2,3)66-43-46-72-84(56-66)102-93-92(72)101(91-76(60-32-21-15-22-33-60)52-68(96(7,8)9)53-77(91)61-34-23-16-24-35-61)83-55-69(97(10,11)12)54-82-89(83)98(93)78-47-44-70(57-80(78)100(82)90-74(58-28-17-13-18-29-58)50-67(95(4,5)6)51-75(90)59-30-19-14-20-31-59)99-79-39-26-25-38-71(79)88-73-45-42-63-41-40-62-36-27-37-64-48-65(49-81(88)99)86(73)87(63)85(62)64/h13-36,38-57H,37H2,1-12H3/i44D,47D,57D. The molecule has 1 aliphatic carbocycles. The van der Waals surface area contributed by atoms with Gasteiger partial charge in [-0.1, -0.05) is 283 Å². The van der Waals surface area contributed by atoms with Crippen molar-refractivity contribution in [3.05, 3.63) is 294 Å². The van der Waals surface area contributed by atoms with Crippen molar-refractivity contribution in [3.63, 3.8) is 0 Å². The summed E-state index contributed by atoms with van der Waals surface area (Å²) in [5, 5.41) is 10.5. The van der Waals surface area contributed by atoms with E-state index in [1.807, 2.05) is 11.3 Å². The molecular weight excluding hydrogens is 1250 g/mol. The first-order valence-electron chi connectivity index (χ1n) is 37.8. The van der Waals surface area contributed by atoms with E-state index in [1.54, 1.807) is 0 Å². The molecular formula is C97H82BN3S. The van der Waals surface area contributed by atoms with Crippen LogP contribution >= 0.6 is 11.3 Å². The third-order valence-corrected chi connectivity index (χ3v) is 23.6. The molecule has 5 heteroatoms. The van der Waals surface area contributed by atoms with Crippen molar-refractivity contribution in [1.29, 1.82) is 0 Å². The average Bonchev–Trinajstić information content (AvgIpc) is 1.65. The van der Waals surface area contributed by atoms with Crippen LogP contribution in [0.2, 0.25) is 0 Å². The molecule has 2 aromatic heterocycles. The number of fused-ring (bicyclic) bond motifs is 10. The van der Waals surface area contributed by atoms with Gasteiger partial charge in [0, 0.05) is 70.6 Å². The second-order valence-corrected chi connectivity index (χ2v) is 34.0. The number of nitrogens with zero attached hydrogens (tertiary/aromatic N) is 3. The lowest BCUT2D eigenvalue weighted by Crippen LogP contribution is -2.60. The number of thiophene rings is 1. The Balaban J connectivity index is 1.03. The number of hydrogen-bond acceptors (Lipinski definition) is 3. The van der Waals surface area contributed by atoms with Crippen LogP contribution in [0.3, 0.4) is 0 Å². The van der Waals surface area contributed by atoms with Crippen LogP contribution in [0, 0.1) is 0 Å². The van der Waals surface area contributed by atoms with Crippen LogP contribution in [0.15, 0.2) is 261 Å². The van der Waals surface area contributed by atoms with Crippen molar-refractivity contribution in [2.75, 3.05) is 9.80 Å². The monoisotopic (exact) mass is 1330 g/mol. The zero-order chi connectivity index (χ0) is 72.2. The van der Waals surface area contributed by atoms with E-state index < -0.39 is 12.1 Å². The van der Waals surface area contributed by atoms with Crippen molar-refractivity contribution < 1.29 is 4.11 Å². The number of hydrogen-bond donors (Lipinski definition) is 0. The van der Waals surface area contributed by atoms with Crippen LogP contribution in [-0.4, -0.2) is 11.3 Å². The van der Waals surface area contributed by atoms with Crippen LogP contribution in [0.4, 0.5) is 34.1 Å². The molecule has 0 saturated heterocycles. The molecule has 4 heterocycles. The first kappa shape index (κ1) is 59.0. The number of rotatable bonds is 7. The molecule has 0 radical (unpaired) electrons. The molecule has 0 spiro atoms. The third kappa shape index (κ3) is 9.53. The van der Waals surface area contributed by atoms with E-state index in [1.165, 1.54) is 49.4 Å². The molecule has 0 fully saturated rings. The van der Waals surface area contributed by atoms with Gasteiger partial charge in [-0.15, -0.1) is 11.3 Å². The van der Waals surface area contributed by atoms with Gasteiger partial charge < -0.3 is 14.4 Å². The second kappa shape index (κ2) is 22.4. The zero-order valence-corrected chi connectivity index (χ0v) is 61.0. The van der Waals surface area contributed by atoms with Crippen LogP contribution in [0.25, 0.3) is 120 Å². The summed E-state index contributed by atoms with van der Waals surface area (Å²) in [5.41, 5.74) is 24.1. The predicted octanol–water partition coefficient (Wildman–Crippen LogP) is 25.4. The first-order chi connectivity index (χ1) is 50.4. The van der Waals surface area contributed by atoms with E-state index in [2.05, 4.69) is 346 Å². The molecule has 494 valence electrons. The lowest BCUT2D eigenvalue weighted by atomic mass is 9.36. The van der Waals surface area contributed by atoms with Gasteiger partial charge >= 0.3 is 0 Å². The largest absolute Gasteiger partial charge is 0.310 e. The van der Waals surface area contributed by atoms with Gasteiger partial charge in [-0.05, 0) is 194 Å². The van der Waals surface area contributed by atoms with Gasteiger partial charge in [0.2, 0.25) is 0 Å². The predicted molar refractivity (Wildman–Crippen MR) is 443 cm³/mol. The lowest BCUT2D eigenvalue weighted by molar-refractivity contribution is 0.590. The molecule has 14 aromatic carbocycles. The highest BCUT2D eigenvalue weighted by Crippen LogP contribution is 2.58. The van der Waals surface area contributed by atoms with Gasteiger partial charge in [0.1, 0.15) is 0 Å². The van der Waals surface area contributed by atoms with E-state index in [4.69, 9.17) is 0 Å². The van der Waals surface area contributed by atoms with Crippen molar-refractivity contribution in [2.45, 2.75) is 111 Å². The van der Waals surface area contributed by atoms with Crippen LogP contribution in [0.5, 0.6) is 0 Å². The minimum absolute atomic E-state index is 0.0119. The molecule has 0 unspecified atom stereocenters. The molecule has 16 aromatic rings. The SMILES string of the molecule is [2H]c1c([2H])c(-n2c3ccccc3c3c4ccc5ccc6c7c(cc(cc32)c4c57)CC=C6)c([2H])c2c1B1c3sc4cc(C(C)(C)C)ccc4c3N(c3c(-c4ccccc4)cc(C(C)(C)C)cc3-c3ccccc3)c3cc(C(C)(C)C)cc(c31)N2c1c(-c2ccccc2)cc(C(C)(C)C)cc1-c1ccccc1. The minimum Gasteiger partial charge on any atom is -0.310 e. The number of para-hydroxylation sites is 1. The molecule has 19 rings (SSSR count). The fraction of sp³-hybridized carbons (Fsp3) is 0.175. The van der Waals surface area contributed by atoms with Gasteiger partial charge in [0.15, 0.2) is 0 Å². The van der Waals surface area contributed by atoms with E-state index in [0.717, 1.165) is 138 Å². The quantitative estimate of drug-likeness (QED) is 0.116. The van der Waals surface area contributed by atoms with Gasteiger partial charge in [0.05, 0.1) is 32.2 Å². The highest BCUT2D eigenvalue weighted by molar-refractivity contribution is 7.33. The Hall–Kier alpha value is -10.7. The summed E-state index contributed by atoms with van der Waals surface area (Å²) in [6, 6.07) is 88.3. The molecule has 102 heavy (non-hydrogen) atoms. The Morgan fingerprint density at radius 1 is 0.392 bits per heavy atom. The minimum atomic E-state index is -0.620. The Morgan fingerprint density at radius 2 is 0.902 bits per heavy atom. The van der Waals surface area contributed by atoms with Crippen LogP contribution < -0.4 is 25.5 Å². The van der Waals surface area contributed by atoms with Crippen molar-refractivity contribution in [3.8, 4) is 50.2 Å². The summed E-state index contributed by atoms with van der Waals surface area (Å²) in [6.07, 6.45) is 5.39. The van der Waals surface area contributed by atoms with E-state index in [9.17, 15) is 4.11 Å². The zero-order valence-electron chi connectivity index (χ0n) is 63.2. The van der Waals surface area contributed by atoms with Gasteiger partial charge in [0.25, 0.3) is 6.71 Å². The van der Waals surface area contributed by atoms with Crippen molar-refractivity contribution >= 4 is 138 Å². The van der Waals surface area contributed by atoms with E-state index in [0.29, 0.717) is 16.8 Å². The van der Waals surface area contributed by atoms with Crippen molar-refractivity contribution in [2.24, 2.45) is 0 Å². The number of benzene rings is 14. The Labute approximate surface area is 608 Å². The van der Waals surface area contributed by atoms with Gasteiger partial charge in [-0.3, -0.25) is 0 Å². The lowest BCUT2D eigenvalue weighted by Gasteiger charge is -2.46. The molecule has 3 nitrogen and oxygen atoms in total. The Bertz CT molecular complexity index is 6260. The molecule has 0 amide bonds. The Morgan fingerprint density at radius 3 is 1.47 bits per heavy atom. The third-order valence-electron chi connectivity index (χ3n) is 22.4. The highest BCUT2D eigenvalue weighted by atomic mass is 32.1. The summed E-state index contributed by atoms with van der Waals surface area (Å²) in [6.45, 7) is 27.2. The molecule has 0 bridgehead atoms. The average molecular weight is 1340 g/mol. The normalized spacial score (nSPS) is 14.2. The fourth-order valence-corrected chi connectivity index (χ4v) is 18.5. The molecule has 0 atom stereocenters. The van der Waals surface area contributed by atoms with Gasteiger partial charge in [-0.2, -0.15) is 0 Å². The first-order valence-corrected chi connectivity index (χ1v) is 37.1. The van der Waals surface area contributed by atoms with E-state index >= 15 is 0 Å². The number of aromatic nitrogens is 1. The van der Waals surface area contributed by atoms with Crippen LogP contribution in [0.1, 0.15) is 121 Å². The topological polar surface area (TPSA) is 11.4 Å². The van der Waals surface area contributed by atoms with E-state index in [-0.39, 0.29) is 34.4 Å². The number of anilines is 6. The maximum absolute atomic E-state index is 12.0. The van der Waals surface area contributed by atoms with Crippen molar-refractivity contribution in [1.82, 2.24) is 4.57 Å². The number of allylic oxidation sites excluding steroid dienone is 1. The summed E-state index contributed by atoms with van der Waals surface area (Å²) >= 11 is 1.82. The Kier molecular flexibility index (Phi) is 13.0. The summed E-state index contributed by atoms with van der Waals surface area (Å²) in [7, 11) is 0. The van der Waals surface area contributed by atoms with Crippen LogP contribution in [-0.2, 0) is 28.1 Å².